The van der Waals surface area contributed by atoms with Crippen LogP contribution in [0.2, 0.25) is 0 Å². The Bertz CT molecular complexity index is 664. The van der Waals surface area contributed by atoms with Gasteiger partial charge in [-0.25, -0.2) is 0 Å². The Morgan fingerprint density at radius 1 is 1.23 bits per heavy atom. The SMILES string of the molecule is CC(=O)O[C@@H]1CC[C@H](NC(=O)C(F)(F)F)C(=O)N(Cc2ccccc2)C1. The van der Waals surface area contributed by atoms with E-state index in [1.807, 2.05) is 0 Å². The van der Waals surface area contributed by atoms with Gasteiger partial charge in [0.1, 0.15) is 12.1 Å². The molecule has 0 saturated carbocycles. The van der Waals surface area contributed by atoms with Gasteiger partial charge in [-0.05, 0) is 18.4 Å². The molecule has 0 bridgehead atoms. The van der Waals surface area contributed by atoms with Crippen LogP contribution in [-0.2, 0) is 25.7 Å². The number of halogens is 3. The van der Waals surface area contributed by atoms with E-state index in [1.54, 1.807) is 35.6 Å². The van der Waals surface area contributed by atoms with Crippen molar-refractivity contribution in [3.8, 4) is 0 Å². The second-order valence-corrected chi connectivity index (χ2v) is 6.04. The Morgan fingerprint density at radius 2 is 1.88 bits per heavy atom. The Kier molecular flexibility index (Phi) is 6.23. The van der Waals surface area contributed by atoms with Gasteiger partial charge in [-0.2, -0.15) is 13.2 Å². The van der Waals surface area contributed by atoms with Gasteiger partial charge in [0.25, 0.3) is 0 Å². The highest BCUT2D eigenvalue weighted by atomic mass is 19.4. The molecule has 1 aromatic carbocycles. The molecule has 0 radical (unpaired) electrons. The number of likely N-dealkylation sites (tertiary alicyclic amines) is 1. The average molecular weight is 372 g/mol. The zero-order valence-electron chi connectivity index (χ0n) is 14.1. The molecule has 1 heterocycles. The first-order valence-electron chi connectivity index (χ1n) is 8.04. The first-order valence-corrected chi connectivity index (χ1v) is 8.04. The van der Waals surface area contributed by atoms with Gasteiger partial charge >= 0.3 is 18.1 Å². The summed E-state index contributed by atoms with van der Waals surface area (Å²) in [5, 5.41) is 1.74. The molecule has 1 aromatic rings. The van der Waals surface area contributed by atoms with Crippen LogP contribution in [0.1, 0.15) is 25.3 Å². The molecule has 1 aliphatic heterocycles. The lowest BCUT2D eigenvalue weighted by atomic mass is 10.1. The van der Waals surface area contributed by atoms with Crippen molar-refractivity contribution in [3.05, 3.63) is 35.9 Å². The summed E-state index contributed by atoms with van der Waals surface area (Å²) in [5.41, 5.74) is 0.769. The summed E-state index contributed by atoms with van der Waals surface area (Å²) in [6.45, 7) is 1.40. The third-order valence-electron chi connectivity index (χ3n) is 3.92. The first kappa shape index (κ1) is 19.7. The van der Waals surface area contributed by atoms with E-state index in [9.17, 15) is 27.6 Å². The number of ether oxygens (including phenoxy) is 1. The molecule has 1 saturated heterocycles. The number of carbonyl (C=O) groups is 3. The second-order valence-electron chi connectivity index (χ2n) is 6.04. The van der Waals surface area contributed by atoms with E-state index in [0.29, 0.717) is 0 Å². The van der Waals surface area contributed by atoms with Crippen molar-refractivity contribution in [3.63, 3.8) is 0 Å². The maximum atomic E-state index is 12.6. The van der Waals surface area contributed by atoms with E-state index in [0.717, 1.165) is 5.56 Å². The quantitative estimate of drug-likeness (QED) is 0.818. The van der Waals surface area contributed by atoms with Crippen LogP contribution in [0.15, 0.2) is 30.3 Å². The summed E-state index contributed by atoms with van der Waals surface area (Å²) in [6.07, 6.45) is -5.61. The highest BCUT2D eigenvalue weighted by molar-refractivity contribution is 5.90. The minimum atomic E-state index is -5.08. The molecule has 2 rings (SSSR count). The van der Waals surface area contributed by atoms with Crippen molar-refractivity contribution in [1.29, 1.82) is 0 Å². The number of esters is 1. The first-order chi connectivity index (χ1) is 12.2. The van der Waals surface area contributed by atoms with E-state index in [2.05, 4.69) is 0 Å². The molecule has 2 atom stereocenters. The molecular weight excluding hydrogens is 353 g/mol. The number of nitrogens with zero attached hydrogens (tertiary/aromatic N) is 1. The summed E-state index contributed by atoms with van der Waals surface area (Å²) in [5.74, 6) is -3.34. The summed E-state index contributed by atoms with van der Waals surface area (Å²) in [6, 6.07) is 7.54. The summed E-state index contributed by atoms with van der Waals surface area (Å²) in [4.78, 5) is 36.4. The molecule has 0 unspecified atom stereocenters. The van der Waals surface area contributed by atoms with Crippen molar-refractivity contribution in [2.75, 3.05) is 6.54 Å². The third-order valence-corrected chi connectivity index (χ3v) is 3.92. The molecule has 0 spiro atoms. The van der Waals surface area contributed by atoms with Gasteiger partial charge in [-0.1, -0.05) is 30.3 Å². The Morgan fingerprint density at radius 3 is 2.46 bits per heavy atom. The van der Waals surface area contributed by atoms with Crippen molar-refractivity contribution >= 4 is 17.8 Å². The molecule has 26 heavy (non-hydrogen) atoms. The van der Waals surface area contributed by atoms with Crippen LogP contribution >= 0.6 is 0 Å². The van der Waals surface area contributed by atoms with Gasteiger partial charge in [0, 0.05) is 13.5 Å². The van der Waals surface area contributed by atoms with Crippen molar-refractivity contribution in [2.24, 2.45) is 0 Å². The molecular formula is C17H19F3N2O4. The van der Waals surface area contributed by atoms with E-state index < -0.39 is 36.1 Å². The molecule has 0 aliphatic carbocycles. The lowest BCUT2D eigenvalue weighted by Gasteiger charge is -2.26. The van der Waals surface area contributed by atoms with Crippen LogP contribution < -0.4 is 5.32 Å². The van der Waals surface area contributed by atoms with Crippen LogP contribution in [0.3, 0.4) is 0 Å². The minimum absolute atomic E-state index is 0.0473. The monoisotopic (exact) mass is 372 g/mol. The molecule has 0 aromatic heterocycles. The maximum Gasteiger partial charge on any atom is 0.471 e. The molecule has 142 valence electrons. The number of hydrogen-bond donors (Lipinski definition) is 1. The summed E-state index contributed by atoms with van der Waals surface area (Å²) in [7, 11) is 0. The van der Waals surface area contributed by atoms with E-state index in [-0.39, 0.29) is 25.9 Å². The zero-order chi connectivity index (χ0) is 19.3. The molecule has 6 nitrogen and oxygen atoms in total. The van der Waals surface area contributed by atoms with Gasteiger partial charge in [-0.3, -0.25) is 14.4 Å². The second kappa shape index (κ2) is 8.20. The number of rotatable bonds is 4. The number of nitrogens with one attached hydrogen (secondary N) is 1. The van der Waals surface area contributed by atoms with Gasteiger partial charge in [0.05, 0.1) is 6.54 Å². The fourth-order valence-electron chi connectivity index (χ4n) is 2.77. The normalized spacial score (nSPS) is 21.1. The van der Waals surface area contributed by atoms with E-state index in [1.165, 1.54) is 11.8 Å². The van der Waals surface area contributed by atoms with Crippen molar-refractivity contribution < 1.29 is 32.3 Å². The third kappa shape index (κ3) is 5.47. The zero-order valence-corrected chi connectivity index (χ0v) is 14.1. The Labute approximate surface area is 148 Å². The van der Waals surface area contributed by atoms with Crippen LogP contribution in [-0.4, -0.2) is 47.6 Å². The van der Waals surface area contributed by atoms with Gasteiger partial charge in [0.2, 0.25) is 5.91 Å². The fourth-order valence-corrected chi connectivity index (χ4v) is 2.77. The largest absolute Gasteiger partial charge is 0.471 e. The van der Waals surface area contributed by atoms with Crippen LogP contribution in [0.25, 0.3) is 0 Å². The van der Waals surface area contributed by atoms with Crippen molar-refractivity contribution in [1.82, 2.24) is 10.2 Å². The number of hydrogen-bond acceptors (Lipinski definition) is 4. The molecule has 1 fully saturated rings. The predicted octanol–water partition coefficient (Wildman–Crippen LogP) is 1.79. The molecule has 2 amide bonds. The number of benzene rings is 1. The molecule has 9 heteroatoms. The lowest BCUT2D eigenvalue weighted by Crippen LogP contribution is -2.51. The van der Waals surface area contributed by atoms with Crippen LogP contribution in [0.5, 0.6) is 0 Å². The molecule has 1 N–H and O–H groups in total. The van der Waals surface area contributed by atoms with Crippen LogP contribution in [0.4, 0.5) is 13.2 Å². The highest BCUT2D eigenvalue weighted by Crippen LogP contribution is 2.20. The van der Waals surface area contributed by atoms with Gasteiger partial charge in [-0.15, -0.1) is 0 Å². The maximum absolute atomic E-state index is 12.6. The Hall–Kier alpha value is -2.58. The standard InChI is InChI=1S/C17H19F3N2O4/c1-11(23)26-13-7-8-14(21-16(25)17(18,19)20)15(24)22(10-13)9-12-5-3-2-4-6-12/h2-6,13-14H,7-10H2,1H3,(H,21,25)/t13-,14+/m1/s1. The Balaban J connectivity index is 2.19. The molecule has 1 aliphatic rings. The lowest BCUT2D eigenvalue weighted by molar-refractivity contribution is -0.175. The predicted molar refractivity (Wildman–Crippen MR) is 84.6 cm³/mol. The van der Waals surface area contributed by atoms with Gasteiger partial charge in [0.15, 0.2) is 0 Å². The number of amides is 2. The highest BCUT2D eigenvalue weighted by Gasteiger charge is 2.42. The van der Waals surface area contributed by atoms with Crippen molar-refractivity contribution in [2.45, 2.75) is 44.6 Å². The summed E-state index contributed by atoms with van der Waals surface area (Å²) >= 11 is 0. The number of carbonyl (C=O) groups excluding carboxylic acids is 3. The smallest absolute Gasteiger partial charge is 0.461 e. The minimum Gasteiger partial charge on any atom is -0.461 e. The fraction of sp³-hybridized carbons (Fsp3) is 0.471. The number of alkyl halides is 3. The van der Waals surface area contributed by atoms with Crippen LogP contribution in [0, 0.1) is 0 Å². The van der Waals surface area contributed by atoms with Gasteiger partial charge < -0.3 is 15.0 Å². The topological polar surface area (TPSA) is 75.7 Å². The van der Waals surface area contributed by atoms with E-state index in [4.69, 9.17) is 4.74 Å². The van der Waals surface area contributed by atoms with E-state index >= 15 is 0 Å². The summed E-state index contributed by atoms with van der Waals surface area (Å²) < 4.78 is 42.7. The average Bonchev–Trinajstić information content (AvgIpc) is 2.68.